The number of carbonyl (C=O) groups excluding carboxylic acids is 1. The number of amides is 1. The van der Waals surface area contributed by atoms with Crippen LogP contribution in [0.25, 0.3) is 11.4 Å². The number of nitrogens with two attached hydrogens (primary N) is 1. The summed E-state index contributed by atoms with van der Waals surface area (Å²) < 4.78 is 0. The number of nitrogen functional groups attached to an aromatic ring is 1. The molecule has 0 unspecified atom stereocenters. The lowest BCUT2D eigenvalue weighted by Crippen LogP contribution is -2.30. The molecule has 0 fully saturated rings. The monoisotopic (exact) mass is 314 g/mol. The van der Waals surface area contributed by atoms with Gasteiger partial charge >= 0.3 is 5.69 Å². The highest BCUT2D eigenvalue weighted by atomic mass is 16.2. The third-order valence-electron chi connectivity index (χ3n) is 2.93. The van der Waals surface area contributed by atoms with Crippen molar-refractivity contribution >= 4 is 17.3 Å². The van der Waals surface area contributed by atoms with E-state index in [4.69, 9.17) is 5.73 Å². The maximum Gasteiger partial charge on any atom is 0.326 e. The van der Waals surface area contributed by atoms with Gasteiger partial charge in [0.25, 0.3) is 11.5 Å². The normalized spacial score (nSPS) is 10.4. The summed E-state index contributed by atoms with van der Waals surface area (Å²) in [5.74, 6) is -0.374. The zero-order valence-electron chi connectivity index (χ0n) is 11.5. The molecule has 0 aliphatic heterocycles. The van der Waals surface area contributed by atoms with E-state index in [0.29, 0.717) is 17.1 Å². The first kappa shape index (κ1) is 14.2. The Labute approximate surface area is 126 Å². The summed E-state index contributed by atoms with van der Waals surface area (Å²) in [5, 5.41) is 16.0. The van der Waals surface area contributed by atoms with Gasteiger partial charge in [-0.1, -0.05) is 12.1 Å². The quantitative estimate of drug-likeness (QED) is 0.415. The smallest absolute Gasteiger partial charge is 0.326 e. The molecule has 1 aromatic carbocycles. The second kappa shape index (κ2) is 5.55. The number of carbonyl (C=O) groups is 1. The maximum atomic E-state index is 12.2. The average Bonchev–Trinajstić information content (AvgIpc) is 3.05. The van der Waals surface area contributed by atoms with Crippen LogP contribution in [-0.2, 0) is 0 Å². The van der Waals surface area contributed by atoms with Crippen LogP contribution in [0.5, 0.6) is 0 Å². The molecular weight excluding hydrogens is 304 g/mol. The third kappa shape index (κ3) is 2.83. The molecule has 11 heteroatoms. The van der Waals surface area contributed by atoms with Gasteiger partial charge in [0, 0.05) is 11.3 Å². The molecule has 3 rings (SSSR count). The molecular formula is C12H10N8O3. The maximum absolute atomic E-state index is 12.2. The van der Waals surface area contributed by atoms with E-state index < -0.39 is 17.2 Å². The summed E-state index contributed by atoms with van der Waals surface area (Å²) in [4.78, 5) is 39.0. The predicted octanol–water partition coefficient (Wildman–Crippen LogP) is -0.922. The number of hydrogen-bond acceptors (Lipinski definition) is 7. The SMILES string of the molecule is Nc1c(C(=O)Nc2cccc(-c3nn[nH]n3)c2)[nH]c(=O)[nH]c1=O. The number of aromatic nitrogens is 6. The minimum atomic E-state index is -0.834. The van der Waals surface area contributed by atoms with Crippen LogP contribution in [0.2, 0.25) is 0 Å². The van der Waals surface area contributed by atoms with Gasteiger partial charge in [0.15, 0.2) is 0 Å². The van der Waals surface area contributed by atoms with E-state index in [-0.39, 0.29) is 11.4 Å². The lowest BCUT2D eigenvalue weighted by Gasteiger charge is -2.07. The Kier molecular flexibility index (Phi) is 3.43. The minimum absolute atomic E-state index is 0.316. The first-order chi connectivity index (χ1) is 11.0. The van der Waals surface area contributed by atoms with Crippen LogP contribution in [0.1, 0.15) is 10.5 Å². The number of nitrogens with one attached hydrogen (secondary N) is 4. The molecule has 6 N–H and O–H groups in total. The van der Waals surface area contributed by atoms with E-state index in [2.05, 4.69) is 30.9 Å². The van der Waals surface area contributed by atoms with Gasteiger partial charge in [0.1, 0.15) is 11.4 Å². The van der Waals surface area contributed by atoms with Crippen LogP contribution >= 0.6 is 0 Å². The molecule has 0 aliphatic carbocycles. The fraction of sp³-hybridized carbons (Fsp3) is 0. The van der Waals surface area contributed by atoms with Gasteiger partial charge in [-0.25, -0.2) is 4.79 Å². The number of hydrogen-bond donors (Lipinski definition) is 5. The highest BCUT2D eigenvalue weighted by Gasteiger charge is 2.15. The fourth-order valence-corrected chi connectivity index (χ4v) is 1.89. The Hall–Kier alpha value is -3.76. The number of benzene rings is 1. The number of aromatic amines is 3. The lowest BCUT2D eigenvalue weighted by molar-refractivity contribution is 0.102. The van der Waals surface area contributed by atoms with Gasteiger partial charge < -0.3 is 16.0 Å². The first-order valence-electron chi connectivity index (χ1n) is 6.32. The third-order valence-corrected chi connectivity index (χ3v) is 2.93. The number of nitrogens with zero attached hydrogens (tertiary/aromatic N) is 3. The molecule has 2 aromatic heterocycles. The number of tetrazole rings is 1. The second-order valence-electron chi connectivity index (χ2n) is 4.47. The summed E-state index contributed by atoms with van der Waals surface area (Å²) >= 11 is 0. The van der Waals surface area contributed by atoms with E-state index in [1.807, 2.05) is 4.98 Å². The summed E-state index contributed by atoms with van der Waals surface area (Å²) in [6, 6.07) is 6.61. The number of anilines is 2. The molecule has 11 nitrogen and oxygen atoms in total. The standard InChI is InChI=1S/C12H10N8O3/c13-7-8(15-12(23)16-10(7)21)11(22)14-6-3-1-2-5(4-6)9-17-19-20-18-9/h1-4H,13H2,(H,14,22)(H2,15,16,21,23)(H,17,18,19,20). The van der Waals surface area contributed by atoms with Gasteiger partial charge in [-0.15, -0.1) is 10.2 Å². The Morgan fingerprint density at radius 2 is 2.04 bits per heavy atom. The highest BCUT2D eigenvalue weighted by molar-refractivity contribution is 6.06. The summed E-state index contributed by atoms with van der Waals surface area (Å²) in [7, 11) is 0. The largest absolute Gasteiger partial charge is 0.392 e. The van der Waals surface area contributed by atoms with Crippen molar-refractivity contribution in [2.45, 2.75) is 0 Å². The van der Waals surface area contributed by atoms with Crippen molar-refractivity contribution in [2.24, 2.45) is 0 Å². The molecule has 1 amide bonds. The van der Waals surface area contributed by atoms with Crippen LogP contribution in [0, 0.1) is 0 Å². The molecule has 23 heavy (non-hydrogen) atoms. The van der Waals surface area contributed by atoms with E-state index >= 15 is 0 Å². The molecule has 0 aliphatic rings. The highest BCUT2D eigenvalue weighted by Crippen LogP contribution is 2.18. The Balaban J connectivity index is 1.91. The van der Waals surface area contributed by atoms with E-state index in [1.165, 1.54) is 0 Å². The van der Waals surface area contributed by atoms with E-state index in [0.717, 1.165) is 0 Å². The molecule has 2 heterocycles. The minimum Gasteiger partial charge on any atom is -0.392 e. The summed E-state index contributed by atoms with van der Waals surface area (Å²) in [6.45, 7) is 0. The first-order valence-corrected chi connectivity index (χ1v) is 6.32. The van der Waals surface area contributed by atoms with Gasteiger partial charge in [-0.2, -0.15) is 5.21 Å². The zero-order chi connectivity index (χ0) is 16.4. The molecule has 0 bridgehead atoms. The van der Waals surface area contributed by atoms with Gasteiger partial charge in [-0.05, 0) is 17.3 Å². The molecule has 3 aromatic rings. The van der Waals surface area contributed by atoms with Crippen molar-refractivity contribution < 1.29 is 4.79 Å². The van der Waals surface area contributed by atoms with Crippen molar-refractivity contribution in [3.63, 3.8) is 0 Å². The number of rotatable bonds is 3. The van der Waals surface area contributed by atoms with Crippen molar-refractivity contribution in [3.8, 4) is 11.4 Å². The second-order valence-corrected chi connectivity index (χ2v) is 4.47. The number of H-pyrrole nitrogens is 3. The zero-order valence-corrected chi connectivity index (χ0v) is 11.5. The van der Waals surface area contributed by atoms with Gasteiger partial charge in [-0.3, -0.25) is 14.6 Å². The summed E-state index contributed by atoms with van der Waals surface area (Å²) in [6.07, 6.45) is 0. The Morgan fingerprint density at radius 1 is 1.22 bits per heavy atom. The van der Waals surface area contributed by atoms with Crippen molar-refractivity contribution in [3.05, 3.63) is 50.8 Å². The lowest BCUT2D eigenvalue weighted by atomic mass is 10.2. The van der Waals surface area contributed by atoms with Crippen LogP contribution in [0.4, 0.5) is 11.4 Å². The Bertz CT molecular complexity index is 972. The summed E-state index contributed by atoms with van der Waals surface area (Å²) in [5.41, 5.74) is 4.17. The predicted molar refractivity (Wildman–Crippen MR) is 79.7 cm³/mol. The molecule has 0 spiro atoms. The average molecular weight is 314 g/mol. The van der Waals surface area contributed by atoms with Crippen LogP contribution in [0.3, 0.4) is 0 Å². The van der Waals surface area contributed by atoms with Crippen LogP contribution in [-0.4, -0.2) is 36.5 Å². The Morgan fingerprint density at radius 3 is 2.78 bits per heavy atom. The van der Waals surface area contributed by atoms with Crippen molar-refractivity contribution in [1.82, 2.24) is 30.6 Å². The molecule has 0 saturated carbocycles. The topological polar surface area (TPSA) is 175 Å². The molecule has 0 saturated heterocycles. The van der Waals surface area contributed by atoms with Crippen LogP contribution in [0.15, 0.2) is 33.9 Å². The van der Waals surface area contributed by atoms with E-state index in [9.17, 15) is 14.4 Å². The van der Waals surface area contributed by atoms with Gasteiger partial charge in [0.05, 0.1) is 0 Å². The van der Waals surface area contributed by atoms with Crippen molar-refractivity contribution in [1.29, 1.82) is 0 Å². The van der Waals surface area contributed by atoms with E-state index in [1.54, 1.807) is 24.3 Å². The molecule has 0 atom stereocenters. The molecule has 0 radical (unpaired) electrons. The van der Waals surface area contributed by atoms with Crippen molar-refractivity contribution in [2.75, 3.05) is 11.1 Å². The fourth-order valence-electron chi connectivity index (χ4n) is 1.89. The van der Waals surface area contributed by atoms with Crippen LogP contribution < -0.4 is 22.3 Å². The molecule has 116 valence electrons. The van der Waals surface area contributed by atoms with Gasteiger partial charge in [0.2, 0.25) is 5.82 Å².